The van der Waals surface area contributed by atoms with Gasteiger partial charge in [0.05, 0.1) is 15.0 Å². The van der Waals surface area contributed by atoms with Crippen LogP contribution in [0.2, 0.25) is 0 Å². The zero-order valence-electron chi connectivity index (χ0n) is 15.7. The third-order valence-electron chi connectivity index (χ3n) is 6.41. The molecule has 0 atom stereocenters. The molecule has 1 amide bonds. The minimum Gasteiger partial charge on any atom is -0.349 e. The van der Waals surface area contributed by atoms with E-state index >= 15 is 0 Å². The molecular weight excluding hydrogens is 554 g/mol. The molecular formula is C23H21Br2ClF2N2O. The zero-order valence-corrected chi connectivity index (χ0v) is 19.6. The van der Waals surface area contributed by atoms with Crippen LogP contribution in [0.5, 0.6) is 0 Å². The van der Waals surface area contributed by atoms with Gasteiger partial charge in [-0.3, -0.25) is 9.79 Å². The van der Waals surface area contributed by atoms with Gasteiger partial charge in [0.2, 0.25) is 0 Å². The van der Waals surface area contributed by atoms with Crippen molar-refractivity contribution in [3.63, 3.8) is 0 Å². The van der Waals surface area contributed by atoms with E-state index in [9.17, 15) is 13.6 Å². The summed E-state index contributed by atoms with van der Waals surface area (Å²) in [6, 6.07) is 7.03. The second-order valence-corrected chi connectivity index (χ2v) is 10.4. The molecule has 2 aromatic rings. The molecule has 4 bridgehead atoms. The van der Waals surface area contributed by atoms with Gasteiger partial charge in [0.15, 0.2) is 0 Å². The first-order valence-corrected chi connectivity index (χ1v) is 11.8. The van der Waals surface area contributed by atoms with Crippen molar-refractivity contribution in [1.82, 2.24) is 5.32 Å². The summed E-state index contributed by atoms with van der Waals surface area (Å²) in [5.41, 5.74) is 3.38. The first-order chi connectivity index (χ1) is 14.3. The Morgan fingerprint density at radius 3 is 2.03 bits per heavy atom. The van der Waals surface area contributed by atoms with Crippen molar-refractivity contribution >= 4 is 54.5 Å². The fourth-order valence-corrected chi connectivity index (χ4v) is 5.59. The molecule has 2 aliphatic carbocycles. The van der Waals surface area contributed by atoms with Gasteiger partial charge in [-0.05, 0) is 105 Å². The number of rotatable bonds is 0. The molecule has 6 aliphatic rings. The Kier molecular flexibility index (Phi) is 6.32. The second kappa shape index (κ2) is 8.56. The Labute approximate surface area is 201 Å². The van der Waals surface area contributed by atoms with Gasteiger partial charge in [0.25, 0.3) is 5.91 Å². The van der Waals surface area contributed by atoms with Gasteiger partial charge in [-0.15, -0.1) is 0 Å². The van der Waals surface area contributed by atoms with E-state index < -0.39 is 0 Å². The molecule has 2 fully saturated rings. The molecule has 0 saturated heterocycles. The van der Waals surface area contributed by atoms with E-state index in [1.54, 1.807) is 18.2 Å². The maximum absolute atomic E-state index is 13.4. The highest BCUT2D eigenvalue weighted by molar-refractivity contribution is 9.10. The molecule has 164 valence electrons. The SMILES string of the molecule is C.Fc1cc2c(cc1Br)C(Cl)=NC1CC2C1.O=C1NC2CC(C2)c2cc(F)c(Br)cc21. The fourth-order valence-electron chi connectivity index (χ4n) is 4.61. The minimum atomic E-state index is -0.285. The van der Waals surface area contributed by atoms with E-state index in [0.29, 0.717) is 37.6 Å². The number of nitrogens with one attached hydrogen (secondary N) is 1. The van der Waals surface area contributed by atoms with Crippen LogP contribution >= 0.6 is 43.5 Å². The topological polar surface area (TPSA) is 41.5 Å². The standard InChI is InChI=1S/C11H8BrClFN.C11H9BrFNO.CH4/c12-9-3-8-7(4-10(9)14)5-1-6(2-5)15-11(8)13;12-9-3-8-7(4-10(9)13)5-1-6(2-5)14-11(8)15;/h3-6H,1-2H2;3-6H,1-2H2,(H,14,15);1H4. The molecule has 1 N–H and O–H groups in total. The molecule has 4 heterocycles. The Balaban J connectivity index is 0.000000144. The molecule has 8 rings (SSSR count). The van der Waals surface area contributed by atoms with Crippen LogP contribution in [0.1, 0.15) is 72.0 Å². The van der Waals surface area contributed by atoms with E-state index in [2.05, 4.69) is 42.2 Å². The lowest BCUT2D eigenvalue weighted by Gasteiger charge is -2.32. The Morgan fingerprint density at radius 2 is 1.42 bits per heavy atom. The maximum atomic E-state index is 13.4. The van der Waals surface area contributed by atoms with E-state index in [1.165, 1.54) is 6.07 Å². The summed E-state index contributed by atoms with van der Waals surface area (Å²) in [6.45, 7) is 0. The molecule has 0 spiro atoms. The van der Waals surface area contributed by atoms with Crippen LogP contribution in [0.3, 0.4) is 0 Å². The summed E-state index contributed by atoms with van der Waals surface area (Å²) >= 11 is 12.4. The average Bonchev–Trinajstić information content (AvgIpc) is 2.97. The van der Waals surface area contributed by atoms with Gasteiger partial charge in [-0.1, -0.05) is 19.0 Å². The predicted octanol–water partition coefficient (Wildman–Crippen LogP) is 7.05. The molecule has 0 radical (unpaired) electrons. The normalized spacial score (nSPS) is 26.6. The summed E-state index contributed by atoms with van der Waals surface area (Å²) in [6.07, 6.45) is 3.90. The highest BCUT2D eigenvalue weighted by atomic mass is 79.9. The lowest BCUT2D eigenvalue weighted by Crippen LogP contribution is -2.39. The van der Waals surface area contributed by atoms with Gasteiger partial charge >= 0.3 is 0 Å². The Hall–Kier alpha value is -1.31. The van der Waals surface area contributed by atoms with Crippen molar-refractivity contribution in [2.24, 2.45) is 4.99 Å². The quantitative estimate of drug-likeness (QED) is 0.360. The van der Waals surface area contributed by atoms with Crippen molar-refractivity contribution in [2.45, 2.75) is 57.0 Å². The number of amides is 1. The fraction of sp³-hybridized carbons (Fsp3) is 0.391. The number of fused-ring (bicyclic) bond motifs is 1. The molecule has 4 aliphatic heterocycles. The largest absolute Gasteiger partial charge is 0.349 e. The Morgan fingerprint density at radius 1 is 0.903 bits per heavy atom. The number of hydrogen-bond acceptors (Lipinski definition) is 2. The third-order valence-corrected chi connectivity index (χ3v) is 7.93. The summed E-state index contributed by atoms with van der Waals surface area (Å²) < 4.78 is 27.6. The first kappa shape index (κ1) is 22.9. The second-order valence-electron chi connectivity index (χ2n) is 8.29. The predicted molar refractivity (Wildman–Crippen MR) is 126 cm³/mol. The number of halogens is 5. The number of carbonyl (C=O) groups excluding carboxylic acids is 1. The van der Waals surface area contributed by atoms with Crippen LogP contribution in [-0.2, 0) is 0 Å². The Bertz CT molecular complexity index is 1090. The lowest BCUT2D eigenvalue weighted by atomic mass is 9.76. The number of benzene rings is 2. The molecule has 3 nitrogen and oxygen atoms in total. The summed E-state index contributed by atoms with van der Waals surface area (Å²) in [4.78, 5) is 16.1. The zero-order chi connectivity index (χ0) is 21.2. The average molecular weight is 575 g/mol. The van der Waals surface area contributed by atoms with E-state index in [4.69, 9.17) is 11.6 Å². The van der Waals surface area contributed by atoms with Crippen molar-refractivity contribution in [3.05, 3.63) is 67.1 Å². The first-order valence-electron chi connectivity index (χ1n) is 9.82. The van der Waals surface area contributed by atoms with E-state index in [1.807, 2.05) is 0 Å². The van der Waals surface area contributed by atoms with Gasteiger partial charge in [-0.2, -0.15) is 0 Å². The van der Waals surface area contributed by atoms with Gasteiger partial charge in [0.1, 0.15) is 16.8 Å². The third kappa shape index (κ3) is 4.09. The summed E-state index contributed by atoms with van der Waals surface area (Å²) in [5, 5.41) is 3.45. The van der Waals surface area contributed by atoms with Crippen LogP contribution < -0.4 is 5.32 Å². The molecule has 0 aromatic heterocycles. The number of aliphatic imine (C=N–C) groups is 1. The number of carbonyl (C=O) groups is 1. The summed E-state index contributed by atoms with van der Waals surface area (Å²) in [5.74, 6) is 0.213. The maximum Gasteiger partial charge on any atom is 0.251 e. The van der Waals surface area contributed by atoms with Crippen molar-refractivity contribution < 1.29 is 13.6 Å². The molecule has 0 unspecified atom stereocenters. The van der Waals surface area contributed by atoms with Crippen LogP contribution in [0, 0.1) is 11.6 Å². The number of nitrogens with zero attached hydrogens (tertiary/aromatic N) is 1. The van der Waals surface area contributed by atoms with Crippen LogP contribution in [0.4, 0.5) is 8.78 Å². The van der Waals surface area contributed by atoms with Gasteiger partial charge < -0.3 is 5.32 Å². The summed E-state index contributed by atoms with van der Waals surface area (Å²) in [7, 11) is 0. The van der Waals surface area contributed by atoms with Crippen molar-refractivity contribution in [3.8, 4) is 0 Å². The van der Waals surface area contributed by atoms with E-state index in [-0.39, 0.29) is 31.0 Å². The van der Waals surface area contributed by atoms with E-state index in [0.717, 1.165) is 42.4 Å². The highest BCUT2D eigenvalue weighted by Gasteiger charge is 2.38. The molecule has 2 aromatic carbocycles. The highest BCUT2D eigenvalue weighted by Crippen LogP contribution is 2.45. The van der Waals surface area contributed by atoms with Crippen molar-refractivity contribution in [2.75, 3.05) is 0 Å². The van der Waals surface area contributed by atoms with Crippen LogP contribution in [0.25, 0.3) is 0 Å². The lowest BCUT2D eigenvalue weighted by molar-refractivity contribution is 0.0926. The van der Waals surface area contributed by atoms with Crippen LogP contribution in [0.15, 0.2) is 38.2 Å². The molecule has 31 heavy (non-hydrogen) atoms. The molecule has 8 heteroatoms. The van der Waals surface area contributed by atoms with Crippen molar-refractivity contribution in [1.29, 1.82) is 0 Å². The monoisotopic (exact) mass is 572 g/mol. The smallest absolute Gasteiger partial charge is 0.251 e. The van der Waals surface area contributed by atoms with Crippen LogP contribution in [-0.4, -0.2) is 23.2 Å². The minimum absolute atomic E-state index is 0. The number of hydrogen-bond donors (Lipinski definition) is 1. The van der Waals surface area contributed by atoms with Gasteiger partial charge in [0, 0.05) is 17.2 Å². The molecule has 2 saturated carbocycles. The van der Waals surface area contributed by atoms with Gasteiger partial charge in [-0.25, -0.2) is 8.78 Å².